The van der Waals surface area contributed by atoms with Gasteiger partial charge in [0, 0.05) is 0 Å². The van der Waals surface area contributed by atoms with Crippen LogP contribution in [0.15, 0.2) is 48.5 Å². The second-order valence-electron chi connectivity index (χ2n) is 5.59. The lowest BCUT2D eigenvalue weighted by molar-refractivity contribution is 0.0473. The van der Waals surface area contributed by atoms with Gasteiger partial charge in [0.15, 0.2) is 0 Å². The molecule has 2 rings (SSSR count). The maximum atomic E-state index is 11.1. The molecule has 23 heavy (non-hydrogen) atoms. The van der Waals surface area contributed by atoms with Crippen LogP contribution in [0.2, 0.25) is 0 Å². The van der Waals surface area contributed by atoms with E-state index in [2.05, 4.69) is 32.0 Å². The van der Waals surface area contributed by atoms with E-state index >= 15 is 0 Å². The van der Waals surface area contributed by atoms with Crippen molar-refractivity contribution in [2.75, 3.05) is 0 Å². The molecule has 1 unspecified atom stereocenters. The lowest BCUT2D eigenvalue weighted by Crippen LogP contribution is -2.13. The highest BCUT2D eigenvalue weighted by Gasteiger charge is 2.20. The molecule has 122 valence electrons. The van der Waals surface area contributed by atoms with Crippen LogP contribution in [0.4, 0.5) is 4.79 Å². The van der Waals surface area contributed by atoms with Crippen molar-refractivity contribution in [2.45, 2.75) is 45.6 Å². The normalized spacial score (nSPS) is 11.9. The first-order valence-electron chi connectivity index (χ1n) is 8.19. The standard InChI is InChI=1S/C20H24O3/c1-3-16-11-8-12-18(17(16)4-2)19(23-20(21)22)14-13-15-9-6-5-7-10-15/h5-12,19H,3-4,13-14H2,1-2H3,(H,21,22). The van der Waals surface area contributed by atoms with Crippen LogP contribution in [-0.4, -0.2) is 11.3 Å². The minimum Gasteiger partial charge on any atom is -0.450 e. The van der Waals surface area contributed by atoms with Gasteiger partial charge in [0.2, 0.25) is 0 Å². The Hall–Kier alpha value is -2.29. The molecule has 0 fully saturated rings. The number of hydrogen-bond donors (Lipinski definition) is 1. The van der Waals surface area contributed by atoms with E-state index in [1.165, 1.54) is 16.7 Å². The zero-order chi connectivity index (χ0) is 16.7. The summed E-state index contributed by atoms with van der Waals surface area (Å²) in [6.45, 7) is 4.22. The number of carboxylic acid groups (broad SMARTS) is 1. The summed E-state index contributed by atoms with van der Waals surface area (Å²) in [6, 6.07) is 16.2. The van der Waals surface area contributed by atoms with Gasteiger partial charge in [-0.1, -0.05) is 62.4 Å². The highest BCUT2D eigenvalue weighted by Crippen LogP contribution is 2.29. The SMILES string of the molecule is CCc1cccc(C(CCc2ccccc2)OC(=O)O)c1CC. The molecule has 2 aromatic rings. The average molecular weight is 312 g/mol. The Labute approximate surface area is 137 Å². The molecule has 0 aliphatic carbocycles. The molecule has 0 aliphatic heterocycles. The summed E-state index contributed by atoms with van der Waals surface area (Å²) in [7, 11) is 0. The second-order valence-corrected chi connectivity index (χ2v) is 5.59. The third-order valence-corrected chi connectivity index (χ3v) is 4.17. The van der Waals surface area contributed by atoms with Crippen LogP contribution in [0.25, 0.3) is 0 Å². The Kier molecular flexibility index (Phi) is 6.21. The Morgan fingerprint density at radius 2 is 1.78 bits per heavy atom. The van der Waals surface area contributed by atoms with Gasteiger partial charge in [0.05, 0.1) is 0 Å². The molecule has 0 spiro atoms. The minimum atomic E-state index is -1.22. The third-order valence-electron chi connectivity index (χ3n) is 4.17. The van der Waals surface area contributed by atoms with Gasteiger partial charge in [-0.3, -0.25) is 0 Å². The first-order valence-corrected chi connectivity index (χ1v) is 8.19. The number of ether oxygens (including phenoxy) is 1. The molecule has 0 aliphatic rings. The monoisotopic (exact) mass is 312 g/mol. The molecule has 0 amide bonds. The van der Waals surface area contributed by atoms with Crippen molar-refractivity contribution in [1.82, 2.24) is 0 Å². The van der Waals surface area contributed by atoms with Crippen LogP contribution in [0.3, 0.4) is 0 Å². The fraction of sp³-hybridized carbons (Fsp3) is 0.350. The molecular formula is C20H24O3. The minimum absolute atomic E-state index is 0.422. The Balaban J connectivity index is 2.26. The van der Waals surface area contributed by atoms with E-state index in [4.69, 9.17) is 9.84 Å². The number of aryl methyl sites for hydroxylation is 2. The zero-order valence-electron chi connectivity index (χ0n) is 13.8. The fourth-order valence-electron chi connectivity index (χ4n) is 3.06. The molecule has 3 nitrogen and oxygen atoms in total. The quantitative estimate of drug-likeness (QED) is 0.716. The lowest BCUT2D eigenvalue weighted by Gasteiger charge is -2.21. The molecular weight excluding hydrogens is 288 g/mol. The summed E-state index contributed by atoms with van der Waals surface area (Å²) in [5.41, 5.74) is 4.68. The van der Waals surface area contributed by atoms with E-state index in [9.17, 15) is 4.79 Å². The molecule has 2 aromatic carbocycles. The van der Waals surface area contributed by atoms with E-state index in [-0.39, 0.29) is 0 Å². The highest BCUT2D eigenvalue weighted by atomic mass is 16.7. The van der Waals surface area contributed by atoms with Crippen molar-refractivity contribution in [3.63, 3.8) is 0 Å². The van der Waals surface area contributed by atoms with Crippen molar-refractivity contribution in [1.29, 1.82) is 0 Å². The molecule has 1 N–H and O–H groups in total. The summed E-state index contributed by atoms with van der Waals surface area (Å²) in [6.07, 6.45) is 1.62. The third kappa shape index (κ3) is 4.59. The number of carbonyl (C=O) groups is 1. The van der Waals surface area contributed by atoms with Gasteiger partial charge < -0.3 is 9.84 Å². The average Bonchev–Trinajstić information content (AvgIpc) is 2.58. The van der Waals surface area contributed by atoms with E-state index in [1.54, 1.807) is 0 Å². The maximum Gasteiger partial charge on any atom is 0.506 e. The van der Waals surface area contributed by atoms with E-state index < -0.39 is 12.3 Å². The summed E-state index contributed by atoms with van der Waals surface area (Å²) in [5.74, 6) is 0. The van der Waals surface area contributed by atoms with Crippen LogP contribution < -0.4 is 0 Å². The predicted octanol–water partition coefficient (Wildman–Crippen LogP) is 5.18. The van der Waals surface area contributed by atoms with Gasteiger partial charge in [0.1, 0.15) is 6.10 Å². The lowest BCUT2D eigenvalue weighted by atomic mass is 9.91. The first kappa shape index (κ1) is 17.1. The Morgan fingerprint density at radius 3 is 2.39 bits per heavy atom. The van der Waals surface area contributed by atoms with Crippen LogP contribution in [0.1, 0.15) is 48.6 Å². The summed E-state index contributed by atoms with van der Waals surface area (Å²) < 4.78 is 5.22. The van der Waals surface area contributed by atoms with Crippen molar-refractivity contribution >= 4 is 6.16 Å². The van der Waals surface area contributed by atoms with Crippen LogP contribution in [0.5, 0.6) is 0 Å². The summed E-state index contributed by atoms with van der Waals surface area (Å²) in [4.78, 5) is 11.1. The molecule has 1 atom stereocenters. The van der Waals surface area contributed by atoms with Gasteiger partial charge in [0.25, 0.3) is 0 Å². The molecule has 0 radical (unpaired) electrons. The smallest absolute Gasteiger partial charge is 0.450 e. The zero-order valence-corrected chi connectivity index (χ0v) is 13.8. The second kappa shape index (κ2) is 8.37. The van der Waals surface area contributed by atoms with Gasteiger partial charge in [-0.05, 0) is 47.9 Å². The van der Waals surface area contributed by atoms with Crippen LogP contribution in [0, 0.1) is 0 Å². The largest absolute Gasteiger partial charge is 0.506 e. The summed E-state index contributed by atoms with van der Waals surface area (Å²) >= 11 is 0. The Morgan fingerprint density at radius 1 is 1.04 bits per heavy atom. The molecule has 0 saturated heterocycles. The number of benzene rings is 2. The fourth-order valence-corrected chi connectivity index (χ4v) is 3.06. The predicted molar refractivity (Wildman–Crippen MR) is 91.8 cm³/mol. The van der Waals surface area contributed by atoms with Gasteiger partial charge in [-0.25, -0.2) is 4.79 Å². The van der Waals surface area contributed by atoms with Gasteiger partial charge in [-0.15, -0.1) is 0 Å². The molecule has 0 saturated carbocycles. The number of hydrogen-bond acceptors (Lipinski definition) is 2. The summed E-state index contributed by atoms with van der Waals surface area (Å²) in [5, 5.41) is 9.11. The van der Waals surface area contributed by atoms with Crippen molar-refractivity contribution in [3.8, 4) is 0 Å². The van der Waals surface area contributed by atoms with E-state index in [0.717, 1.165) is 24.8 Å². The van der Waals surface area contributed by atoms with Crippen molar-refractivity contribution < 1.29 is 14.6 Å². The van der Waals surface area contributed by atoms with Gasteiger partial charge in [-0.2, -0.15) is 0 Å². The number of rotatable bonds is 7. The van der Waals surface area contributed by atoms with Crippen LogP contribution in [-0.2, 0) is 24.0 Å². The molecule has 3 heteroatoms. The topological polar surface area (TPSA) is 46.5 Å². The molecule has 0 heterocycles. The maximum absolute atomic E-state index is 11.1. The molecule has 0 aromatic heterocycles. The highest BCUT2D eigenvalue weighted by molar-refractivity contribution is 5.57. The first-order chi connectivity index (χ1) is 11.2. The van der Waals surface area contributed by atoms with Crippen molar-refractivity contribution in [3.05, 3.63) is 70.8 Å². The van der Waals surface area contributed by atoms with E-state index in [1.807, 2.05) is 30.3 Å². The van der Waals surface area contributed by atoms with Gasteiger partial charge >= 0.3 is 6.16 Å². The van der Waals surface area contributed by atoms with Crippen molar-refractivity contribution in [2.24, 2.45) is 0 Å². The Bertz CT molecular complexity index is 635. The van der Waals surface area contributed by atoms with E-state index in [0.29, 0.717) is 6.42 Å². The molecule has 0 bridgehead atoms. The van der Waals surface area contributed by atoms with Crippen LogP contribution >= 0.6 is 0 Å².